The van der Waals surface area contributed by atoms with Crippen molar-refractivity contribution in [1.82, 2.24) is 0 Å². The van der Waals surface area contributed by atoms with E-state index in [1.165, 1.54) is 12.1 Å². The molecule has 1 N–H and O–H groups in total. The van der Waals surface area contributed by atoms with Crippen LogP contribution in [0.2, 0.25) is 0 Å². The third-order valence-corrected chi connectivity index (χ3v) is 4.04. The minimum atomic E-state index is -0.519. The van der Waals surface area contributed by atoms with Crippen LogP contribution < -0.4 is 14.8 Å². The van der Waals surface area contributed by atoms with Gasteiger partial charge in [-0.15, -0.1) is 0 Å². The summed E-state index contributed by atoms with van der Waals surface area (Å²) < 4.78 is 11.1. The SMILES string of the molecule is O=C(Nc1ccc2c(c1)OCCCO2)c1ccc([N+](=O)[O-])s1. The summed E-state index contributed by atoms with van der Waals surface area (Å²) in [5.41, 5.74) is 0.547. The van der Waals surface area contributed by atoms with Gasteiger partial charge < -0.3 is 14.8 Å². The van der Waals surface area contributed by atoms with Gasteiger partial charge in [-0.2, -0.15) is 0 Å². The van der Waals surface area contributed by atoms with Gasteiger partial charge in [0.25, 0.3) is 5.91 Å². The topological polar surface area (TPSA) is 90.7 Å². The van der Waals surface area contributed by atoms with Gasteiger partial charge >= 0.3 is 5.00 Å². The van der Waals surface area contributed by atoms with E-state index in [0.717, 1.165) is 17.8 Å². The van der Waals surface area contributed by atoms with Crippen LogP contribution in [0.1, 0.15) is 16.1 Å². The quantitative estimate of drug-likeness (QED) is 0.693. The fourth-order valence-corrected chi connectivity index (χ4v) is 2.70. The van der Waals surface area contributed by atoms with E-state index in [2.05, 4.69) is 5.32 Å². The first-order valence-electron chi connectivity index (χ1n) is 6.59. The van der Waals surface area contributed by atoms with Crippen molar-refractivity contribution in [3.8, 4) is 11.5 Å². The van der Waals surface area contributed by atoms with Gasteiger partial charge in [0.2, 0.25) is 0 Å². The number of thiophene rings is 1. The third kappa shape index (κ3) is 3.01. The molecule has 0 bridgehead atoms. The predicted octanol–water partition coefficient (Wildman–Crippen LogP) is 3.07. The number of nitrogens with one attached hydrogen (secondary N) is 1. The van der Waals surface area contributed by atoms with E-state index < -0.39 is 10.8 Å². The molecule has 8 heteroatoms. The number of nitro groups is 1. The number of ether oxygens (including phenoxy) is 2. The zero-order valence-corrected chi connectivity index (χ0v) is 12.2. The van der Waals surface area contributed by atoms with Gasteiger partial charge in [0.15, 0.2) is 11.5 Å². The van der Waals surface area contributed by atoms with Crippen molar-refractivity contribution in [1.29, 1.82) is 0 Å². The molecule has 0 spiro atoms. The number of carbonyl (C=O) groups excluding carboxylic acids is 1. The molecule has 0 aliphatic carbocycles. The second-order valence-electron chi connectivity index (χ2n) is 4.56. The maximum Gasteiger partial charge on any atom is 0.324 e. The van der Waals surface area contributed by atoms with Crippen LogP contribution in [0.3, 0.4) is 0 Å². The van der Waals surface area contributed by atoms with Crippen LogP contribution in [0, 0.1) is 10.1 Å². The highest BCUT2D eigenvalue weighted by Gasteiger charge is 2.16. The highest BCUT2D eigenvalue weighted by molar-refractivity contribution is 7.17. The van der Waals surface area contributed by atoms with Gasteiger partial charge in [-0.3, -0.25) is 14.9 Å². The van der Waals surface area contributed by atoms with Gasteiger partial charge in [-0.25, -0.2) is 0 Å². The van der Waals surface area contributed by atoms with Gasteiger partial charge in [0.1, 0.15) is 0 Å². The lowest BCUT2D eigenvalue weighted by Crippen LogP contribution is -2.10. The highest BCUT2D eigenvalue weighted by atomic mass is 32.1. The van der Waals surface area contributed by atoms with E-state index in [-0.39, 0.29) is 9.88 Å². The molecule has 0 radical (unpaired) electrons. The first-order chi connectivity index (χ1) is 10.6. The van der Waals surface area contributed by atoms with Crippen molar-refractivity contribution in [2.75, 3.05) is 18.5 Å². The molecule has 1 aliphatic heterocycles. The van der Waals surface area contributed by atoms with Gasteiger partial charge in [-0.05, 0) is 18.2 Å². The van der Waals surface area contributed by atoms with Gasteiger partial charge in [0.05, 0.1) is 23.0 Å². The Bertz CT molecular complexity index is 728. The molecule has 22 heavy (non-hydrogen) atoms. The van der Waals surface area contributed by atoms with Crippen molar-refractivity contribution in [2.45, 2.75) is 6.42 Å². The summed E-state index contributed by atoms with van der Waals surface area (Å²) in [7, 11) is 0. The van der Waals surface area contributed by atoms with Gasteiger partial charge in [-0.1, -0.05) is 11.3 Å². The number of hydrogen-bond acceptors (Lipinski definition) is 6. The minimum absolute atomic E-state index is 0.0659. The zero-order valence-electron chi connectivity index (χ0n) is 11.4. The molecule has 1 aromatic heterocycles. The van der Waals surface area contributed by atoms with Crippen LogP contribution in [0.25, 0.3) is 0 Å². The monoisotopic (exact) mass is 320 g/mol. The van der Waals surface area contributed by atoms with Gasteiger partial charge in [0, 0.05) is 24.2 Å². The molecule has 0 unspecified atom stereocenters. The Morgan fingerprint density at radius 3 is 2.68 bits per heavy atom. The van der Waals surface area contributed by atoms with E-state index in [1.807, 2.05) is 0 Å². The maximum atomic E-state index is 12.1. The Hall–Kier alpha value is -2.61. The first-order valence-corrected chi connectivity index (χ1v) is 7.40. The van der Waals surface area contributed by atoms with Crippen molar-refractivity contribution in [3.63, 3.8) is 0 Å². The highest BCUT2D eigenvalue weighted by Crippen LogP contribution is 2.32. The molecule has 2 aromatic rings. The molecular weight excluding hydrogens is 308 g/mol. The fraction of sp³-hybridized carbons (Fsp3) is 0.214. The number of amides is 1. The molecule has 0 atom stereocenters. The molecular formula is C14H12N2O5S. The lowest BCUT2D eigenvalue weighted by Gasteiger charge is -2.09. The zero-order chi connectivity index (χ0) is 15.5. The molecule has 0 fully saturated rings. The molecule has 3 rings (SSSR count). The molecule has 1 amide bonds. The molecule has 0 saturated carbocycles. The standard InChI is InChI=1S/C14H12N2O5S/c17-14(12-4-5-13(22-12)16(18)19)15-9-2-3-10-11(8-9)21-7-1-6-20-10/h2-5,8H,1,6-7H2,(H,15,17). The molecule has 0 saturated heterocycles. The third-order valence-electron chi connectivity index (χ3n) is 3.00. The summed E-state index contributed by atoms with van der Waals surface area (Å²) in [5.74, 6) is 0.822. The van der Waals surface area contributed by atoms with Crippen molar-refractivity contribution in [2.24, 2.45) is 0 Å². The number of rotatable bonds is 3. The van der Waals surface area contributed by atoms with E-state index in [9.17, 15) is 14.9 Å². The van der Waals surface area contributed by atoms with E-state index >= 15 is 0 Å². The number of nitrogens with zero attached hydrogens (tertiary/aromatic N) is 1. The lowest BCUT2D eigenvalue weighted by atomic mass is 10.2. The minimum Gasteiger partial charge on any atom is -0.490 e. The van der Waals surface area contributed by atoms with E-state index in [0.29, 0.717) is 30.4 Å². The summed E-state index contributed by atoms with van der Waals surface area (Å²) >= 11 is 0.833. The molecule has 1 aromatic carbocycles. The average Bonchev–Trinajstić information content (AvgIpc) is 2.88. The van der Waals surface area contributed by atoms with Crippen molar-refractivity contribution in [3.05, 3.63) is 45.3 Å². The molecule has 2 heterocycles. The second kappa shape index (κ2) is 6.02. The van der Waals surface area contributed by atoms with Crippen LogP contribution in [-0.4, -0.2) is 24.0 Å². The van der Waals surface area contributed by atoms with E-state index in [4.69, 9.17) is 9.47 Å². The Kier molecular flexibility index (Phi) is 3.92. The van der Waals surface area contributed by atoms with Crippen LogP contribution in [-0.2, 0) is 0 Å². The van der Waals surface area contributed by atoms with Crippen LogP contribution in [0.4, 0.5) is 10.7 Å². The number of fused-ring (bicyclic) bond motifs is 1. The largest absolute Gasteiger partial charge is 0.490 e. The Morgan fingerprint density at radius 2 is 1.95 bits per heavy atom. The first kappa shape index (κ1) is 14.3. The number of hydrogen-bond donors (Lipinski definition) is 1. The van der Waals surface area contributed by atoms with Crippen LogP contribution >= 0.6 is 11.3 Å². The summed E-state index contributed by atoms with van der Waals surface area (Å²) in [5, 5.41) is 13.3. The number of benzene rings is 1. The average molecular weight is 320 g/mol. The van der Waals surface area contributed by atoms with Crippen molar-refractivity contribution >= 4 is 27.9 Å². The predicted molar refractivity (Wildman–Crippen MR) is 81.0 cm³/mol. The number of carbonyl (C=O) groups is 1. The Labute approximate surface area is 129 Å². The van der Waals surface area contributed by atoms with Crippen molar-refractivity contribution < 1.29 is 19.2 Å². The summed E-state index contributed by atoms with van der Waals surface area (Å²) in [6, 6.07) is 7.86. The normalized spacial score (nSPS) is 13.3. The van der Waals surface area contributed by atoms with Crippen LogP contribution in [0.5, 0.6) is 11.5 Å². The summed E-state index contributed by atoms with van der Waals surface area (Å²) in [4.78, 5) is 22.5. The molecule has 7 nitrogen and oxygen atoms in total. The van der Waals surface area contributed by atoms with E-state index in [1.54, 1.807) is 18.2 Å². The Morgan fingerprint density at radius 1 is 1.18 bits per heavy atom. The number of anilines is 1. The Balaban J connectivity index is 1.76. The second-order valence-corrected chi connectivity index (χ2v) is 5.62. The maximum absolute atomic E-state index is 12.1. The van der Waals surface area contributed by atoms with Crippen LogP contribution in [0.15, 0.2) is 30.3 Å². The molecule has 114 valence electrons. The fourth-order valence-electron chi connectivity index (χ4n) is 1.98. The summed E-state index contributed by atoms with van der Waals surface area (Å²) in [6.45, 7) is 1.15. The lowest BCUT2D eigenvalue weighted by molar-refractivity contribution is -0.380. The smallest absolute Gasteiger partial charge is 0.324 e. The summed E-state index contributed by atoms with van der Waals surface area (Å²) in [6.07, 6.45) is 0.801. The molecule has 1 aliphatic rings.